The lowest BCUT2D eigenvalue weighted by atomic mass is 9.83. The Hall–Kier alpha value is -1.88. The fraction of sp³-hybridized carbons (Fsp3) is 0.579. The maximum absolute atomic E-state index is 12.8. The van der Waals surface area contributed by atoms with Crippen molar-refractivity contribution in [2.24, 2.45) is 0 Å². The molecule has 1 heterocycles. The van der Waals surface area contributed by atoms with Gasteiger partial charge in [-0.25, -0.2) is 0 Å². The molecule has 1 aromatic rings. The van der Waals surface area contributed by atoms with Gasteiger partial charge in [-0.05, 0) is 29.9 Å². The van der Waals surface area contributed by atoms with Gasteiger partial charge in [-0.3, -0.25) is 9.59 Å². The molecule has 5 heteroatoms. The van der Waals surface area contributed by atoms with Gasteiger partial charge in [-0.15, -0.1) is 0 Å². The van der Waals surface area contributed by atoms with E-state index in [0.29, 0.717) is 31.5 Å². The average molecular weight is 332 g/mol. The second-order valence-electron chi connectivity index (χ2n) is 7.57. The summed E-state index contributed by atoms with van der Waals surface area (Å²) in [7, 11) is 1.67. The Labute approximate surface area is 144 Å². The van der Waals surface area contributed by atoms with Crippen LogP contribution in [0.1, 0.15) is 49.5 Å². The van der Waals surface area contributed by atoms with Crippen molar-refractivity contribution >= 4 is 11.8 Å². The summed E-state index contributed by atoms with van der Waals surface area (Å²) in [5, 5.41) is 9.53. The maximum Gasteiger partial charge on any atom is 0.254 e. The number of hydrogen-bond donors (Lipinski definition) is 1. The summed E-state index contributed by atoms with van der Waals surface area (Å²) in [6, 6.07) is 7.57. The largest absolute Gasteiger partial charge is 0.393 e. The van der Waals surface area contributed by atoms with Gasteiger partial charge in [0.25, 0.3) is 5.91 Å². The van der Waals surface area contributed by atoms with E-state index in [-0.39, 0.29) is 29.9 Å². The van der Waals surface area contributed by atoms with Crippen LogP contribution in [0.5, 0.6) is 0 Å². The highest BCUT2D eigenvalue weighted by atomic mass is 16.3. The van der Waals surface area contributed by atoms with Crippen LogP contribution in [0.25, 0.3) is 0 Å². The Morgan fingerprint density at radius 2 is 1.79 bits per heavy atom. The topological polar surface area (TPSA) is 60.9 Å². The number of amides is 2. The number of likely N-dealkylation sites (N-methyl/N-ethyl adjacent to an activating group) is 1. The quantitative estimate of drug-likeness (QED) is 0.921. The summed E-state index contributed by atoms with van der Waals surface area (Å²) in [4.78, 5) is 28.4. The van der Waals surface area contributed by atoms with E-state index in [1.54, 1.807) is 11.9 Å². The van der Waals surface area contributed by atoms with Crippen LogP contribution in [0.15, 0.2) is 24.3 Å². The highest BCUT2D eigenvalue weighted by Gasteiger charge is 2.26. The second kappa shape index (κ2) is 7.34. The lowest BCUT2D eigenvalue weighted by molar-refractivity contribution is -0.133. The molecule has 0 bridgehead atoms. The molecule has 0 spiro atoms. The monoisotopic (exact) mass is 332 g/mol. The number of aliphatic hydroxyl groups is 1. The fourth-order valence-electron chi connectivity index (χ4n) is 3.02. The number of carbonyl (C=O) groups excluding carboxylic acids is 2. The summed E-state index contributed by atoms with van der Waals surface area (Å²) in [6.45, 7) is 7.39. The molecule has 132 valence electrons. The minimum atomic E-state index is -0.313. The smallest absolute Gasteiger partial charge is 0.254 e. The highest BCUT2D eigenvalue weighted by Crippen LogP contribution is 2.26. The van der Waals surface area contributed by atoms with E-state index in [0.717, 1.165) is 5.56 Å². The van der Waals surface area contributed by atoms with Crippen LogP contribution in [-0.4, -0.2) is 59.5 Å². The molecular formula is C19H28N2O3. The third kappa shape index (κ3) is 4.35. The van der Waals surface area contributed by atoms with Crippen molar-refractivity contribution in [1.29, 1.82) is 0 Å². The molecular weight excluding hydrogens is 304 g/mol. The number of carbonyl (C=O) groups is 2. The zero-order valence-electron chi connectivity index (χ0n) is 15.1. The first-order chi connectivity index (χ1) is 11.2. The van der Waals surface area contributed by atoms with Crippen LogP contribution in [0.2, 0.25) is 0 Å². The molecule has 0 saturated carbocycles. The molecule has 24 heavy (non-hydrogen) atoms. The molecule has 2 amide bonds. The van der Waals surface area contributed by atoms with E-state index >= 15 is 0 Å². The molecule has 1 fully saturated rings. The Balaban J connectivity index is 2.06. The van der Waals surface area contributed by atoms with E-state index in [4.69, 9.17) is 0 Å². The van der Waals surface area contributed by atoms with Crippen LogP contribution in [0.4, 0.5) is 0 Å². The summed E-state index contributed by atoms with van der Waals surface area (Å²) >= 11 is 0. The van der Waals surface area contributed by atoms with Gasteiger partial charge in [-0.2, -0.15) is 0 Å². The molecule has 1 aliphatic heterocycles. The van der Waals surface area contributed by atoms with Crippen LogP contribution < -0.4 is 0 Å². The summed E-state index contributed by atoms with van der Waals surface area (Å²) in [5.74, 6) is -0.197. The molecule has 0 radical (unpaired) electrons. The van der Waals surface area contributed by atoms with Crippen molar-refractivity contribution in [3.05, 3.63) is 35.4 Å². The third-order valence-corrected chi connectivity index (χ3v) is 4.50. The van der Waals surface area contributed by atoms with E-state index < -0.39 is 0 Å². The van der Waals surface area contributed by atoms with Crippen LogP contribution >= 0.6 is 0 Å². The van der Waals surface area contributed by atoms with Crippen LogP contribution in [-0.2, 0) is 10.2 Å². The normalized spacial score (nSPS) is 16.1. The van der Waals surface area contributed by atoms with E-state index in [2.05, 4.69) is 20.8 Å². The van der Waals surface area contributed by atoms with Crippen molar-refractivity contribution < 1.29 is 14.7 Å². The zero-order valence-corrected chi connectivity index (χ0v) is 15.1. The van der Waals surface area contributed by atoms with Crippen molar-refractivity contribution in [1.82, 2.24) is 9.80 Å². The lowest BCUT2D eigenvalue weighted by Gasteiger charge is -2.31. The fourth-order valence-corrected chi connectivity index (χ4v) is 3.02. The van der Waals surface area contributed by atoms with E-state index in [9.17, 15) is 14.7 Å². The van der Waals surface area contributed by atoms with Gasteiger partial charge in [0.2, 0.25) is 5.91 Å². The number of aliphatic hydroxyl groups excluding tert-OH is 1. The third-order valence-electron chi connectivity index (χ3n) is 4.50. The number of benzene rings is 1. The van der Waals surface area contributed by atoms with Gasteiger partial charge < -0.3 is 14.9 Å². The standard InChI is InChI=1S/C19H28N2O3/c1-19(2,3)16-8-6-5-7-15(16)18(24)20(4)13-17(23)21-11-9-14(22)10-12-21/h5-8,14,22H,9-13H2,1-4H3. The van der Waals surface area contributed by atoms with Crippen LogP contribution in [0.3, 0.4) is 0 Å². The molecule has 1 N–H and O–H groups in total. The Morgan fingerprint density at radius 3 is 2.38 bits per heavy atom. The second-order valence-corrected chi connectivity index (χ2v) is 7.57. The molecule has 1 aliphatic rings. The van der Waals surface area contributed by atoms with Crippen molar-refractivity contribution in [3.63, 3.8) is 0 Å². The minimum Gasteiger partial charge on any atom is -0.393 e. The Kier molecular flexibility index (Phi) is 5.65. The Bertz CT molecular complexity index is 599. The first-order valence-electron chi connectivity index (χ1n) is 8.51. The number of rotatable bonds is 3. The minimum absolute atomic E-state index is 0.0629. The molecule has 2 rings (SSSR count). The number of nitrogens with zero attached hydrogens (tertiary/aromatic N) is 2. The first kappa shape index (κ1) is 18.5. The number of piperidine rings is 1. The predicted octanol–water partition coefficient (Wildman–Crippen LogP) is 2.04. The highest BCUT2D eigenvalue weighted by molar-refractivity contribution is 5.97. The molecule has 1 saturated heterocycles. The molecule has 5 nitrogen and oxygen atoms in total. The molecule has 0 aliphatic carbocycles. The van der Waals surface area contributed by atoms with E-state index in [1.165, 1.54) is 4.90 Å². The number of hydrogen-bond acceptors (Lipinski definition) is 3. The first-order valence-corrected chi connectivity index (χ1v) is 8.51. The number of likely N-dealkylation sites (tertiary alicyclic amines) is 1. The van der Waals surface area contributed by atoms with Gasteiger partial charge in [0.1, 0.15) is 0 Å². The van der Waals surface area contributed by atoms with Crippen molar-refractivity contribution in [2.75, 3.05) is 26.7 Å². The SMILES string of the molecule is CN(CC(=O)N1CCC(O)CC1)C(=O)c1ccccc1C(C)(C)C. The van der Waals surface area contributed by atoms with Gasteiger partial charge >= 0.3 is 0 Å². The lowest BCUT2D eigenvalue weighted by Crippen LogP contribution is -2.45. The summed E-state index contributed by atoms with van der Waals surface area (Å²) in [5.41, 5.74) is 1.49. The van der Waals surface area contributed by atoms with Gasteiger partial charge in [-0.1, -0.05) is 39.0 Å². The van der Waals surface area contributed by atoms with E-state index in [1.807, 2.05) is 24.3 Å². The molecule has 0 atom stereocenters. The van der Waals surface area contributed by atoms with Gasteiger partial charge in [0.05, 0.1) is 12.6 Å². The van der Waals surface area contributed by atoms with Crippen molar-refractivity contribution in [3.8, 4) is 0 Å². The van der Waals surface area contributed by atoms with Gasteiger partial charge in [0.15, 0.2) is 0 Å². The molecule has 0 unspecified atom stereocenters. The Morgan fingerprint density at radius 1 is 1.21 bits per heavy atom. The zero-order chi connectivity index (χ0) is 17.9. The summed E-state index contributed by atoms with van der Waals surface area (Å²) < 4.78 is 0. The average Bonchev–Trinajstić information content (AvgIpc) is 2.53. The van der Waals surface area contributed by atoms with Crippen molar-refractivity contribution in [2.45, 2.75) is 45.1 Å². The maximum atomic E-state index is 12.8. The van der Waals surface area contributed by atoms with Gasteiger partial charge in [0, 0.05) is 25.7 Å². The predicted molar refractivity (Wildman–Crippen MR) is 93.9 cm³/mol. The molecule has 1 aromatic carbocycles. The summed E-state index contributed by atoms with van der Waals surface area (Å²) in [6.07, 6.45) is 0.902. The molecule has 0 aromatic heterocycles. The van der Waals surface area contributed by atoms with Crippen LogP contribution in [0, 0.1) is 0 Å².